The zero-order valence-corrected chi connectivity index (χ0v) is 41.9. The summed E-state index contributed by atoms with van der Waals surface area (Å²) in [5.41, 5.74) is 16.8. The van der Waals surface area contributed by atoms with Gasteiger partial charge in [0.1, 0.15) is 0 Å². The van der Waals surface area contributed by atoms with E-state index in [1.165, 1.54) is 77.9 Å². The van der Waals surface area contributed by atoms with Crippen molar-refractivity contribution in [3.05, 3.63) is 189 Å². The molecule has 6 aromatic rings. The maximum absolute atomic E-state index is 8.79. The monoisotopic (exact) mass is 886 g/mol. The van der Waals surface area contributed by atoms with Crippen LogP contribution >= 0.6 is 0 Å². The van der Waals surface area contributed by atoms with Crippen LogP contribution in [0.1, 0.15) is 107 Å². The number of benzene rings is 6. The molecule has 2 aliphatic rings. The summed E-state index contributed by atoms with van der Waals surface area (Å²) in [4.78, 5) is 0. The molecule has 0 bridgehead atoms. The van der Waals surface area contributed by atoms with E-state index in [1.54, 1.807) is 0 Å². The molecule has 0 heterocycles. The van der Waals surface area contributed by atoms with Crippen molar-refractivity contribution in [2.45, 2.75) is 96.6 Å². The van der Waals surface area contributed by atoms with Crippen LogP contribution in [0.3, 0.4) is 0 Å². The molecule has 2 unspecified atom stereocenters. The molecule has 0 radical (unpaired) electrons. The number of fused-ring (bicyclic) bond motifs is 2. The van der Waals surface area contributed by atoms with Gasteiger partial charge in [0.2, 0.25) is 0 Å². The summed E-state index contributed by atoms with van der Waals surface area (Å²) in [5, 5.41) is 0. The van der Waals surface area contributed by atoms with Gasteiger partial charge in [0.25, 0.3) is 0 Å². The number of allylic oxidation sites excluding steroid dienone is 2. The van der Waals surface area contributed by atoms with Crippen molar-refractivity contribution in [2.24, 2.45) is 0 Å². The standard InChI is InChI=1S/2C16H13.2C11H16O.2CH3.H2Si.Zr/c2*1-12-10-14-8-5-9-15(16(14)11-12)13-6-3-2-4-7-13;2*1-8-5-6-10(12)9(7-8)11(2,3)4;;;;/h2*2-11H,1H3;2*5-7,12H,1-4H3;2*1H3;1H2;/q;;;;;;;+2/p-2. The van der Waals surface area contributed by atoms with Gasteiger partial charge in [0.05, 0.1) is 0 Å². The van der Waals surface area contributed by atoms with Gasteiger partial charge in [-0.05, 0) is 0 Å². The molecule has 0 aromatic heterocycles. The molecule has 308 valence electrons. The summed E-state index contributed by atoms with van der Waals surface area (Å²) in [7, 11) is 0. The second-order valence-electron chi connectivity index (χ2n) is 22.3. The number of aryl methyl sites for hydroxylation is 2. The maximum atomic E-state index is 8.79. The molecule has 4 heteroatoms. The van der Waals surface area contributed by atoms with Crippen molar-refractivity contribution < 1.29 is 20.9 Å². The average Bonchev–Trinajstić information content (AvgIpc) is 3.74. The van der Waals surface area contributed by atoms with Crippen LogP contribution in [0, 0.1) is 13.8 Å². The van der Waals surface area contributed by atoms with Crippen molar-refractivity contribution in [1.82, 2.24) is 0 Å². The van der Waals surface area contributed by atoms with Gasteiger partial charge in [-0.3, -0.25) is 0 Å². The number of hydrogen-bond acceptors (Lipinski definition) is 2. The molecule has 6 aromatic carbocycles. The molecule has 2 nitrogen and oxygen atoms in total. The topological polar surface area (TPSA) is 18.5 Å². The van der Waals surface area contributed by atoms with Gasteiger partial charge in [-0.1, -0.05) is 0 Å². The van der Waals surface area contributed by atoms with Crippen molar-refractivity contribution in [3.8, 4) is 33.8 Å². The van der Waals surface area contributed by atoms with E-state index in [-0.39, 0.29) is 18.1 Å². The van der Waals surface area contributed by atoms with E-state index in [9.17, 15) is 0 Å². The predicted octanol–water partition coefficient (Wildman–Crippen LogP) is 15.2. The quantitative estimate of drug-likeness (QED) is 0.142. The van der Waals surface area contributed by atoms with E-state index in [1.807, 2.05) is 0 Å². The molecule has 8 rings (SSSR count). The van der Waals surface area contributed by atoms with E-state index in [0.717, 1.165) is 11.5 Å². The van der Waals surface area contributed by atoms with Crippen LogP contribution in [0.5, 0.6) is 11.5 Å². The normalized spacial score (nSPS) is 18.2. The van der Waals surface area contributed by atoms with E-state index < -0.39 is 15.3 Å². The molecule has 60 heavy (non-hydrogen) atoms. The number of rotatable bonds is 8. The molecule has 2 aliphatic carbocycles. The minimum atomic E-state index is -6.98. The van der Waals surface area contributed by atoms with E-state index in [0.29, 0.717) is 0 Å². The van der Waals surface area contributed by atoms with Crippen molar-refractivity contribution in [2.75, 3.05) is 0 Å². The summed E-state index contributed by atoms with van der Waals surface area (Å²) in [6, 6.07) is 49.1. The second kappa shape index (κ2) is 13.3. The molecule has 0 amide bonds. The summed E-state index contributed by atoms with van der Waals surface area (Å²) in [6.45, 7) is 25.0. The molecule has 0 fully saturated rings. The average molecular weight is 888 g/mol. The Morgan fingerprint density at radius 3 is 1.18 bits per heavy atom. The van der Waals surface area contributed by atoms with Crippen molar-refractivity contribution in [3.63, 3.8) is 0 Å². The third-order valence-corrected chi connectivity index (χ3v) is 41.4. The second-order valence-corrected chi connectivity index (χ2v) is 65.3. The van der Waals surface area contributed by atoms with Gasteiger partial charge < -0.3 is 0 Å². The Kier molecular flexibility index (Phi) is 9.32. The summed E-state index contributed by atoms with van der Waals surface area (Å²) >= 11 is -6.98. The fourth-order valence-corrected chi connectivity index (χ4v) is 44.9. The zero-order chi connectivity index (χ0) is 43.2. The molecule has 0 saturated heterocycles. The van der Waals surface area contributed by atoms with Crippen LogP contribution in [0.15, 0.2) is 145 Å². The SMILES string of the molecule is CC1=Cc2c(-c3ccccc3)cccc2[CH]1[Zr]([CH3])([CH3])(=[SiH2])([O]c1ccc(C)cc1C(C)(C)C)([O]c1ccc(C)cc1C(C)(C)C)[CH]1C(C)=Cc2c(-c3ccccc3)cccc21. The molecule has 0 saturated carbocycles. The zero-order valence-electron chi connectivity index (χ0n) is 38.0. The summed E-state index contributed by atoms with van der Waals surface area (Å²) < 4.78 is 22.2. The Hall–Kier alpha value is -4.50. The Morgan fingerprint density at radius 2 is 0.833 bits per heavy atom. The molecule has 0 aliphatic heterocycles. The van der Waals surface area contributed by atoms with Crippen LogP contribution < -0.4 is 5.63 Å². The number of hydrogen-bond donors (Lipinski definition) is 0. The molecule has 0 N–H and O–H groups in total. The molecule has 0 spiro atoms. The van der Waals surface area contributed by atoms with Crippen molar-refractivity contribution in [1.29, 1.82) is 0 Å². The summed E-state index contributed by atoms with van der Waals surface area (Å²) in [5.74, 6) is 1.81. The van der Waals surface area contributed by atoms with Gasteiger partial charge >= 0.3 is 359 Å². The fraction of sp³-hybridized carbons (Fsp3) is 0.286. The van der Waals surface area contributed by atoms with Crippen LogP contribution in [0.25, 0.3) is 34.4 Å². The van der Waals surface area contributed by atoms with Gasteiger partial charge in [-0.25, -0.2) is 0 Å². The fourth-order valence-electron chi connectivity index (χ4n) is 12.0. The predicted molar refractivity (Wildman–Crippen MR) is 258 cm³/mol. The Balaban J connectivity index is 1.59. The first-order valence-corrected chi connectivity index (χ1v) is 37.5. The first-order valence-electron chi connectivity index (χ1n) is 21.8. The van der Waals surface area contributed by atoms with Crippen LogP contribution in [-0.4, -0.2) is 6.88 Å². The Morgan fingerprint density at radius 1 is 0.467 bits per heavy atom. The van der Waals surface area contributed by atoms with Crippen LogP contribution in [-0.2, 0) is 26.1 Å². The van der Waals surface area contributed by atoms with Gasteiger partial charge in [0, 0.05) is 0 Å². The van der Waals surface area contributed by atoms with E-state index >= 15 is 0 Å². The summed E-state index contributed by atoms with van der Waals surface area (Å²) in [6.07, 6.45) is 4.91. The van der Waals surface area contributed by atoms with Crippen LogP contribution in [0.2, 0.25) is 9.26 Å². The Bertz CT molecular complexity index is 2710. The third-order valence-electron chi connectivity index (χ3n) is 14.1. The van der Waals surface area contributed by atoms with Crippen LogP contribution in [0.4, 0.5) is 0 Å². The minimum absolute atomic E-state index is 0.208. The first-order chi connectivity index (χ1) is 28.0. The molecular weight excluding hydrogens is 824 g/mol. The van der Waals surface area contributed by atoms with Gasteiger partial charge in [-0.15, -0.1) is 0 Å². The first kappa shape index (κ1) is 42.2. The van der Waals surface area contributed by atoms with Gasteiger partial charge in [0.15, 0.2) is 0 Å². The van der Waals surface area contributed by atoms with E-state index in [2.05, 4.69) is 231 Å². The van der Waals surface area contributed by atoms with E-state index in [4.69, 9.17) is 5.63 Å². The Labute approximate surface area is 357 Å². The molecule has 2 atom stereocenters. The third kappa shape index (κ3) is 6.60. The van der Waals surface area contributed by atoms with Gasteiger partial charge in [-0.2, -0.15) is 0 Å². The molecular formula is C56H64O2SiZr. The van der Waals surface area contributed by atoms with Crippen molar-refractivity contribution >= 4 is 19.0 Å².